The fourth-order valence-corrected chi connectivity index (χ4v) is 6.89. The quantitative estimate of drug-likeness (QED) is 0.0988. The van der Waals surface area contributed by atoms with Crippen LogP contribution in [0.25, 0.3) is 11.0 Å². The highest BCUT2D eigenvalue weighted by Gasteiger charge is 2.32. The largest absolute Gasteiger partial charge is 0.419 e. The van der Waals surface area contributed by atoms with Gasteiger partial charge in [0.25, 0.3) is 4.90 Å². The van der Waals surface area contributed by atoms with Crippen LogP contribution in [-0.4, -0.2) is 5.75 Å². The van der Waals surface area contributed by atoms with Gasteiger partial charge in [-0.25, -0.2) is 4.79 Å². The van der Waals surface area contributed by atoms with Crippen LogP contribution in [0.2, 0.25) is 0 Å². The molecule has 34 heavy (non-hydrogen) atoms. The smallest absolute Gasteiger partial charge is 0.393 e. The van der Waals surface area contributed by atoms with E-state index in [4.69, 9.17) is 4.42 Å². The third-order valence-electron chi connectivity index (χ3n) is 5.57. The Labute approximate surface area is 207 Å². The summed E-state index contributed by atoms with van der Waals surface area (Å²) in [4.78, 5) is 17.2. The molecule has 0 saturated carbocycles. The average Bonchev–Trinajstić information content (AvgIpc) is 2.89. The third-order valence-corrected chi connectivity index (χ3v) is 8.87. The maximum Gasteiger partial charge on any atom is 0.393 e. The van der Waals surface area contributed by atoms with E-state index in [2.05, 4.69) is 66.7 Å². The molecule has 0 bridgehead atoms. The van der Waals surface area contributed by atoms with Crippen LogP contribution in [0.5, 0.6) is 0 Å². The van der Waals surface area contributed by atoms with Crippen molar-refractivity contribution in [1.82, 2.24) is 0 Å². The van der Waals surface area contributed by atoms with Gasteiger partial charge in [-0.1, -0.05) is 66.7 Å². The highest BCUT2D eigenvalue weighted by atomic mass is 32.2. The summed E-state index contributed by atoms with van der Waals surface area (Å²) < 4.78 is 5.87. The Balaban J connectivity index is 1.39. The molecule has 0 spiro atoms. The summed E-state index contributed by atoms with van der Waals surface area (Å²) in [5.74, 6) is 1.02. The first-order valence-corrected chi connectivity index (χ1v) is 13.6. The molecule has 168 valence electrons. The van der Waals surface area contributed by atoms with Gasteiger partial charge in [0.05, 0.1) is 0 Å². The van der Waals surface area contributed by atoms with Gasteiger partial charge in [0.1, 0.15) is 16.5 Å². The molecule has 0 fully saturated rings. The molecule has 0 aliphatic heterocycles. The number of fused-ring (bicyclic) bond motifs is 1. The number of hydrogen-bond donors (Lipinski definition) is 0. The van der Waals surface area contributed by atoms with E-state index in [0.29, 0.717) is 10.5 Å². The van der Waals surface area contributed by atoms with Crippen molar-refractivity contribution in [1.29, 1.82) is 0 Å². The van der Waals surface area contributed by atoms with Crippen molar-refractivity contribution in [3.8, 4) is 0 Å². The lowest BCUT2D eigenvalue weighted by Gasteiger charge is -2.08. The van der Waals surface area contributed by atoms with Crippen molar-refractivity contribution >= 4 is 33.6 Å². The molecule has 0 amide bonds. The molecule has 0 aliphatic carbocycles. The molecular weight excluding hydrogens is 456 g/mol. The van der Waals surface area contributed by atoms with E-state index >= 15 is 0 Å². The second-order valence-corrected chi connectivity index (χ2v) is 11.1. The molecule has 1 aromatic heterocycles. The van der Waals surface area contributed by atoms with Gasteiger partial charge in [0.2, 0.25) is 0 Å². The van der Waals surface area contributed by atoms with E-state index in [-0.39, 0.29) is 5.63 Å². The van der Waals surface area contributed by atoms with Gasteiger partial charge >= 0.3 is 5.63 Å². The summed E-state index contributed by atoms with van der Waals surface area (Å²) in [5, 5.41) is 0.951. The van der Waals surface area contributed by atoms with Crippen LogP contribution in [0.1, 0.15) is 12.0 Å². The van der Waals surface area contributed by atoms with E-state index in [9.17, 15) is 4.79 Å². The van der Waals surface area contributed by atoms with E-state index < -0.39 is 10.9 Å². The third kappa shape index (κ3) is 5.30. The van der Waals surface area contributed by atoms with E-state index in [0.717, 1.165) is 38.7 Å². The first-order chi connectivity index (χ1) is 16.8. The van der Waals surface area contributed by atoms with Crippen LogP contribution in [0.4, 0.5) is 0 Å². The van der Waals surface area contributed by atoms with E-state index in [1.165, 1.54) is 5.56 Å². The van der Waals surface area contributed by atoms with Crippen LogP contribution < -0.4 is 5.63 Å². The minimum Gasteiger partial charge on any atom is -0.419 e. The van der Waals surface area contributed by atoms with Gasteiger partial charge in [-0.15, -0.1) is 11.8 Å². The molecule has 0 saturated heterocycles. The van der Waals surface area contributed by atoms with Gasteiger partial charge in [0, 0.05) is 16.3 Å². The van der Waals surface area contributed by atoms with Gasteiger partial charge < -0.3 is 4.42 Å². The fraction of sp³-hybridized carbons (Fsp3) is 0.100. The van der Waals surface area contributed by atoms with Gasteiger partial charge in [-0.2, -0.15) is 0 Å². The van der Waals surface area contributed by atoms with E-state index in [1.807, 2.05) is 48.5 Å². The van der Waals surface area contributed by atoms with Crippen molar-refractivity contribution < 1.29 is 4.42 Å². The molecule has 0 atom stereocenters. The first-order valence-electron chi connectivity index (χ1n) is 11.4. The second-order valence-electron chi connectivity index (χ2n) is 7.97. The minimum absolute atomic E-state index is 0.269. The lowest BCUT2D eigenvalue weighted by atomic mass is 10.1. The molecule has 0 N–H and O–H groups in total. The summed E-state index contributed by atoms with van der Waals surface area (Å²) >= 11 is 1.80. The van der Waals surface area contributed by atoms with Gasteiger partial charge in [-0.05, 0) is 66.6 Å². The summed E-state index contributed by atoms with van der Waals surface area (Å²) in [6, 6.07) is 39.1. The summed E-state index contributed by atoms with van der Waals surface area (Å²) in [6.45, 7) is 0. The molecule has 4 heteroatoms. The first kappa shape index (κ1) is 22.6. The van der Waals surface area contributed by atoms with Crippen LogP contribution >= 0.6 is 11.8 Å². The zero-order valence-corrected chi connectivity index (χ0v) is 20.4. The number of thioether (sulfide) groups is 1. The maximum atomic E-state index is 13.2. The van der Waals surface area contributed by atoms with Crippen LogP contribution in [0.15, 0.2) is 144 Å². The molecule has 0 radical (unpaired) electrons. The number of benzene rings is 4. The van der Waals surface area contributed by atoms with Crippen LogP contribution in [0, 0.1) is 0 Å². The maximum absolute atomic E-state index is 13.2. The normalized spacial score (nSPS) is 11.2. The highest BCUT2D eigenvalue weighted by Crippen LogP contribution is 2.31. The fourth-order valence-electron chi connectivity index (χ4n) is 3.92. The van der Waals surface area contributed by atoms with E-state index in [1.54, 1.807) is 11.8 Å². The average molecular weight is 482 g/mol. The Hall–Kier alpha value is -3.21. The Bertz CT molecular complexity index is 1380. The topological polar surface area (TPSA) is 30.2 Å². The molecule has 0 aliphatic rings. The SMILES string of the molecule is O=c1oc2cc(SCCCc3ccccc3)ccc2cc1[S+](c1ccccc1)c1ccccc1. The van der Waals surface area contributed by atoms with Crippen molar-refractivity contribution in [3.05, 3.63) is 131 Å². The number of rotatable bonds is 8. The minimum atomic E-state index is -0.523. The summed E-state index contributed by atoms with van der Waals surface area (Å²) in [5.41, 5.74) is 1.74. The number of aryl methyl sites for hydroxylation is 1. The Kier molecular flexibility index (Phi) is 7.18. The Morgan fingerprint density at radius 2 is 1.32 bits per heavy atom. The predicted molar refractivity (Wildman–Crippen MR) is 143 cm³/mol. The molecule has 5 rings (SSSR count). The van der Waals surface area contributed by atoms with Gasteiger partial charge in [-0.3, -0.25) is 0 Å². The van der Waals surface area contributed by atoms with Gasteiger partial charge in [0.15, 0.2) is 9.79 Å². The zero-order chi connectivity index (χ0) is 23.2. The second kappa shape index (κ2) is 10.8. The van der Waals surface area contributed by atoms with Crippen molar-refractivity contribution in [3.63, 3.8) is 0 Å². The lowest BCUT2D eigenvalue weighted by molar-refractivity contribution is 0.542. The molecule has 5 aromatic rings. The van der Waals surface area contributed by atoms with Crippen LogP contribution in [-0.2, 0) is 17.3 Å². The van der Waals surface area contributed by atoms with Crippen molar-refractivity contribution in [2.24, 2.45) is 0 Å². The zero-order valence-electron chi connectivity index (χ0n) is 18.7. The molecule has 2 nitrogen and oxygen atoms in total. The molecule has 4 aromatic carbocycles. The molecule has 1 heterocycles. The molecular formula is C30H25O2S2+. The molecule has 0 unspecified atom stereocenters. The summed E-state index contributed by atoms with van der Waals surface area (Å²) in [7, 11) is -0.523. The lowest BCUT2D eigenvalue weighted by Crippen LogP contribution is -2.15. The van der Waals surface area contributed by atoms with Crippen molar-refractivity contribution in [2.75, 3.05) is 5.75 Å². The monoisotopic (exact) mass is 481 g/mol. The van der Waals surface area contributed by atoms with Crippen LogP contribution in [0.3, 0.4) is 0 Å². The standard InChI is InChI=1S/C30H25O2S2/c31-30-29(34(26-14-6-2-7-15-26)27-16-8-3-9-17-27)21-24-18-19-25(22-28(24)32-30)33-20-10-13-23-11-4-1-5-12-23/h1-9,11-12,14-19,21-22H,10,13,20H2/q+1. The summed E-state index contributed by atoms with van der Waals surface area (Å²) in [6.07, 6.45) is 2.17. The van der Waals surface area contributed by atoms with Crippen molar-refractivity contribution in [2.45, 2.75) is 32.4 Å². The highest BCUT2D eigenvalue weighted by molar-refractivity contribution is 7.99. The Morgan fingerprint density at radius 3 is 1.97 bits per heavy atom. The number of hydrogen-bond acceptors (Lipinski definition) is 3. The predicted octanol–water partition coefficient (Wildman–Crippen LogP) is 7.61. The Morgan fingerprint density at radius 1 is 0.706 bits per heavy atom.